The van der Waals surface area contributed by atoms with E-state index in [0.29, 0.717) is 5.56 Å². The molecule has 27 heavy (non-hydrogen) atoms. The molecule has 146 valence electrons. The molecule has 0 aliphatic carbocycles. The Morgan fingerprint density at radius 2 is 1.59 bits per heavy atom. The SMILES string of the molecule is Cc1ccc(S(=O)(=O)OC(N)(CC(=O)C(F)(F)F)Cc2ccccc2)cc1. The van der Waals surface area contributed by atoms with Gasteiger partial charge in [-0.3, -0.25) is 4.79 Å². The number of rotatable bonds is 7. The molecular formula is C18H18F3NO4S. The van der Waals surface area contributed by atoms with Gasteiger partial charge in [0.25, 0.3) is 10.1 Å². The summed E-state index contributed by atoms with van der Waals surface area (Å²) in [6, 6.07) is 13.5. The molecule has 0 aromatic heterocycles. The second-order valence-electron chi connectivity index (χ2n) is 6.18. The van der Waals surface area contributed by atoms with Crippen LogP contribution in [0.3, 0.4) is 0 Å². The Balaban J connectivity index is 2.36. The summed E-state index contributed by atoms with van der Waals surface area (Å²) in [5.74, 6) is -2.17. The molecule has 1 unspecified atom stereocenters. The Kier molecular flexibility index (Phi) is 6.08. The lowest BCUT2D eigenvalue weighted by Gasteiger charge is -2.28. The maximum atomic E-state index is 12.7. The number of carbonyl (C=O) groups excluding carboxylic acids is 1. The number of carbonyl (C=O) groups is 1. The third kappa shape index (κ3) is 5.88. The molecule has 0 aliphatic heterocycles. The van der Waals surface area contributed by atoms with Crippen LogP contribution in [0.4, 0.5) is 13.2 Å². The summed E-state index contributed by atoms with van der Waals surface area (Å²) >= 11 is 0. The zero-order valence-electron chi connectivity index (χ0n) is 14.4. The second kappa shape index (κ2) is 7.79. The molecule has 0 saturated heterocycles. The second-order valence-corrected chi connectivity index (χ2v) is 7.72. The van der Waals surface area contributed by atoms with Crippen LogP contribution in [0.25, 0.3) is 0 Å². The number of alkyl halides is 3. The maximum absolute atomic E-state index is 12.7. The first-order chi connectivity index (χ1) is 12.4. The van der Waals surface area contributed by atoms with Crippen LogP contribution in [0.15, 0.2) is 59.5 Å². The highest BCUT2D eigenvalue weighted by Gasteiger charge is 2.45. The molecular weight excluding hydrogens is 383 g/mol. The summed E-state index contributed by atoms with van der Waals surface area (Å²) in [5, 5.41) is 0. The first kappa shape index (κ1) is 21.1. The van der Waals surface area contributed by atoms with Crippen molar-refractivity contribution < 1.29 is 30.6 Å². The molecule has 2 aromatic carbocycles. The van der Waals surface area contributed by atoms with E-state index in [9.17, 15) is 26.4 Å². The van der Waals surface area contributed by atoms with Gasteiger partial charge in [0, 0.05) is 6.42 Å². The number of benzene rings is 2. The highest BCUT2D eigenvalue weighted by atomic mass is 32.2. The molecule has 9 heteroatoms. The standard InChI is InChI=1S/C18H18F3NO4S/c1-13-7-9-15(10-8-13)27(24,25)26-17(22,12-16(23)18(19,20)21)11-14-5-3-2-4-6-14/h2-10H,11-12,22H2,1H3. The van der Waals surface area contributed by atoms with Crippen molar-refractivity contribution in [2.45, 2.75) is 36.6 Å². The van der Waals surface area contributed by atoms with E-state index >= 15 is 0 Å². The van der Waals surface area contributed by atoms with E-state index in [4.69, 9.17) is 9.92 Å². The quantitative estimate of drug-likeness (QED) is 0.569. The lowest BCUT2D eigenvalue weighted by molar-refractivity contribution is -0.174. The van der Waals surface area contributed by atoms with Crippen LogP contribution in [-0.2, 0) is 25.5 Å². The zero-order valence-corrected chi connectivity index (χ0v) is 15.2. The van der Waals surface area contributed by atoms with E-state index in [2.05, 4.69) is 0 Å². The van der Waals surface area contributed by atoms with Gasteiger partial charge in [0.1, 0.15) is 5.72 Å². The van der Waals surface area contributed by atoms with Gasteiger partial charge in [-0.25, -0.2) is 4.18 Å². The highest BCUT2D eigenvalue weighted by molar-refractivity contribution is 7.86. The Labute approximate surface area is 155 Å². The van der Waals surface area contributed by atoms with Crippen LogP contribution in [0.2, 0.25) is 0 Å². The topological polar surface area (TPSA) is 86.5 Å². The monoisotopic (exact) mass is 401 g/mol. The first-order valence-corrected chi connectivity index (χ1v) is 9.27. The summed E-state index contributed by atoms with van der Waals surface area (Å²) in [6.07, 6.45) is -6.89. The fourth-order valence-electron chi connectivity index (χ4n) is 2.41. The normalized spacial score (nSPS) is 14.6. The Hall–Kier alpha value is -2.23. The summed E-state index contributed by atoms with van der Waals surface area (Å²) < 4.78 is 68.0. The summed E-state index contributed by atoms with van der Waals surface area (Å²) in [7, 11) is -4.49. The molecule has 0 bridgehead atoms. The van der Waals surface area contributed by atoms with Gasteiger partial charge in [-0.15, -0.1) is 0 Å². The van der Waals surface area contributed by atoms with Crippen molar-refractivity contribution in [3.8, 4) is 0 Å². The molecule has 0 heterocycles. The van der Waals surface area contributed by atoms with Gasteiger partial charge in [-0.1, -0.05) is 48.0 Å². The van der Waals surface area contributed by atoms with Crippen LogP contribution in [0.5, 0.6) is 0 Å². The molecule has 0 aliphatic rings. The first-order valence-electron chi connectivity index (χ1n) is 7.86. The zero-order chi connectivity index (χ0) is 20.3. The van der Waals surface area contributed by atoms with E-state index in [1.807, 2.05) is 0 Å². The number of hydrogen-bond acceptors (Lipinski definition) is 5. The summed E-state index contributed by atoms with van der Waals surface area (Å²) in [5.41, 5.74) is 4.67. The van der Waals surface area contributed by atoms with Crippen molar-refractivity contribution >= 4 is 15.9 Å². The van der Waals surface area contributed by atoms with Gasteiger partial charge in [0.15, 0.2) is 0 Å². The third-order valence-corrected chi connectivity index (χ3v) is 5.11. The molecule has 5 nitrogen and oxygen atoms in total. The lowest BCUT2D eigenvalue weighted by atomic mass is 9.98. The summed E-state index contributed by atoms with van der Waals surface area (Å²) in [4.78, 5) is 11.2. The molecule has 2 rings (SSSR count). The largest absolute Gasteiger partial charge is 0.450 e. The van der Waals surface area contributed by atoms with Crippen molar-refractivity contribution in [3.05, 3.63) is 65.7 Å². The van der Waals surface area contributed by atoms with E-state index < -0.39 is 40.6 Å². The predicted octanol–water partition coefficient (Wildman–Crippen LogP) is 3.12. The molecule has 2 aromatic rings. The van der Waals surface area contributed by atoms with Crippen molar-refractivity contribution in [2.75, 3.05) is 0 Å². The van der Waals surface area contributed by atoms with Crippen LogP contribution in [-0.4, -0.2) is 26.1 Å². The fraction of sp³-hybridized carbons (Fsp3) is 0.278. The minimum Gasteiger partial charge on any atom is -0.302 e. The Bertz CT molecular complexity index is 896. The smallest absolute Gasteiger partial charge is 0.302 e. The highest BCUT2D eigenvalue weighted by Crippen LogP contribution is 2.28. The minimum absolute atomic E-state index is 0.268. The average molecular weight is 401 g/mol. The molecule has 0 radical (unpaired) electrons. The van der Waals surface area contributed by atoms with Gasteiger partial charge < -0.3 is 5.73 Å². The minimum atomic E-state index is -5.15. The van der Waals surface area contributed by atoms with Crippen LogP contribution < -0.4 is 5.73 Å². The van der Waals surface area contributed by atoms with Crippen LogP contribution >= 0.6 is 0 Å². The Morgan fingerprint density at radius 3 is 2.11 bits per heavy atom. The maximum Gasteiger partial charge on any atom is 0.450 e. The number of hydrogen-bond donors (Lipinski definition) is 1. The molecule has 2 N–H and O–H groups in total. The van der Waals surface area contributed by atoms with E-state index in [1.165, 1.54) is 24.3 Å². The number of Topliss-reactive ketones (excluding diaryl/α,β-unsaturated/α-hetero) is 1. The van der Waals surface area contributed by atoms with Crippen molar-refractivity contribution in [1.82, 2.24) is 0 Å². The lowest BCUT2D eigenvalue weighted by Crippen LogP contribution is -2.50. The predicted molar refractivity (Wildman–Crippen MR) is 92.2 cm³/mol. The number of aryl methyl sites for hydroxylation is 1. The van der Waals surface area contributed by atoms with Crippen molar-refractivity contribution in [3.63, 3.8) is 0 Å². The van der Waals surface area contributed by atoms with Crippen LogP contribution in [0, 0.1) is 6.92 Å². The van der Waals surface area contributed by atoms with E-state index in [0.717, 1.165) is 5.56 Å². The van der Waals surface area contributed by atoms with Crippen molar-refractivity contribution in [2.24, 2.45) is 5.73 Å². The van der Waals surface area contributed by atoms with Crippen molar-refractivity contribution in [1.29, 1.82) is 0 Å². The number of nitrogens with two attached hydrogens (primary N) is 1. The van der Waals surface area contributed by atoms with Gasteiger partial charge in [0.05, 0.1) is 11.3 Å². The molecule has 0 spiro atoms. The molecule has 1 atom stereocenters. The Morgan fingerprint density at radius 1 is 1.04 bits per heavy atom. The van der Waals surface area contributed by atoms with Gasteiger partial charge in [-0.05, 0) is 24.6 Å². The third-order valence-electron chi connectivity index (χ3n) is 3.71. The number of halogens is 3. The van der Waals surface area contributed by atoms with Gasteiger partial charge >= 0.3 is 6.18 Å². The van der Waals surface area contributed by atoms with Crippen LogP contribution in [0.1, 0.15) is 17.5 Å². The van der Waals surface area contributed by atoms with E-state index in [-0.39, 0.29) is 4.90 Å². The van der Waals surface area contributed by atoms with Gasteiger partial charge in [-0.2, -0.15) is 21.6 Å². The summed E-state index contributed by atoms with van der Waals surface area (Å²) in [6.45, 7) is 1.74. The molecule has 0 saturated carbocycles. The molecule has 0 fully saturated rings. The number of ketones is 1. The average Bonchev–Trinajstić information content (AvgIpc) is 2.54. The van der Waals surface area contributed by atoms with Gasteiger partial charge in [0.2, 0.25) is 5.78 Å². The fourth-order valence-corrected chi connectivity index (χ4v) is 3.53. The van der Waals surface area contributed by atoms with E-state index in [1.54, 1.807) is 37.3 Å². The molecule has 0 amide bonds.